The van der Waals surface area contributed by atoms with Gasteiger partial charge in [0, 0.05) is 17.1 Å². The summed E-state index contributed by atoms with van der Waals surface area (Å²) in [6.07, 6.45) is 4.87. The number of methoxy groups -OCH3 is 1. The van der Waals surface area contributed by atoms with Crippen LogP contribution in [0.5, 0.6) is 5.75 Å². The molecule has 0 saturated heterocycles. The average molecular weight is 294 g/mol. The van der Waals surface area contributed by atoms with Gasteiger partial charge in [0.1, 0.15) is 5.75 Å². The minimum Gasteiger partial charge on any atom is -0.496 e. The number of rotatable bonds is 5. The van der Waals surface area contributed by atoms with E-state index in [1.807, 2.05) is 18.2 Å². The maximum absolute atomic E-state index is 6.25. The van der Waals surface area contributed by atoms with Crippen LogP contribution in [0, 0.1) is 11.8 Å². The quantitative estimate of drug-likeness (QED) is 0.811. The van der Waals surface area contributed by atoms with Crippen LogP contribution in [0.15, 0.2) is 29.8 Å². The number of nitrogens with one attached hydrogen (secondary N) is 1. The second-order valence-electron chi connectivity index (χ2n) is 5.85. The van der Waals surface area contributed by atoms with E-state index < -0.39 is 0 Å². The topological polar surface area (TPSA) is 21.3 Å². The Bertz CT molecular complexity index is 484. The third kappa shape index (κ3) is 4.00. The van der Waals surface area contributed by atoms with Crippen molar-refractivity contribution in [1.29, 1.82) is 0 Å². The van der Waals surface area contributed by atoms with E-state index in [0.29, 0.717) is 5.92 Å². The monoisotopic (exact) mass is 293 g/mol. The molecule has 2 atom stereocenters. The molecule has 0 saturated carbocycles. The molecule has 1 N–H and O–H groups in total. The highest BCUT2D eigenvalue weighted by molar-refractivity contribution is 6.31. The largest absolute Gasteiger partial charge is 0.496 e. The van der Waals surface area contributed by atoms with Crippen molar-refractivity contribution in [3.8, 4) is 5.75 Å². The lowest BCUT2D eigenvalue weighted by Gasteiger charge is -2.25. The van der Waals surface area contributed by atoms with Crippen LogP contribution in [0.25, 0.3) is 0 Å². The molecule has 3 heteroatoms. The fraction of sp³-hybridized carbons (Fsp3) is 0.529. The van der Waals surface area contributed by atoms with Crippen molar-refractivity contribution < 1.29 is 4.74 Å². The summed E-state index contributed by atoms with van der Waals surface area (Å²) >= 11 is 6.25. The molecule has 1 aromatic carbocycles. The molecule has 2 unspecified atom stereocenters. The molecular weight excluding hydrogens is 270 g/mol. The fourth-order valence-corrected chi connectivity index (χ4v) is 3.38. The van der Waals surface area contributed by atoms with E-state index in [4.69, 9.17) is 16.3 Å². The molecule has 1 aromatic rings. The Kier molecular flexibility index (Phi) is 5.50. The van der Waals surface area contributed by atoms with Gasteiger partial charge in [-0.3, -0.25) is 0 Å². The first-order chi connectivity index (χ1) is 9.60. The van der Waals surface area contributed by atoms with Gasteiger partial charge in [-0.1, -0.05) is 36.2 Å². The van der Waals surface area contributed by atoms with Crippen molar-refractivity contribution in [1.82, 2.24) is 5.32 Å². The SMILES string of the molecule is COc1cccc(Cl)c1CNCC1CC(C)=CC(C)C1. The number of benzene rings is 1. The zero-order valence-corrected chi connectivity index (χ0v) is 13.3. The summed E-state index contributed by atoms with van der Waals surface area (Å²) in [4.78, 5) is 0. The zero-order valence-electron chi connectivity index (χ0n) is 12.6. The summed E-state index contributed by atoms with van der Waals surface area (Å²) < 4.78 is 5.37. The van der Waals surface area contributed by atoms with Gasteiger partial charge in [-0.2, -0.15) is 0 Å². The molecule has 0 fully saturated rings. The summed E-state index contributed by atoms with van der Waals surface area (Å²) in [7, 11) is 1.69. The molecule has 0 heterocycles. The van der Waals surface area contributed by atoms with Gasteiger partial charge in [0.25, 0.3) is 0 Å². The predicted molar refractivity (Wildman–Crippen MR) is 85.4 cm³/mol. The molecule has 2 nitrogen and oxygen atoms in total. The molecule has 0 spiro atoms. The predicted octanol–water partition coefficient (Wildman–Crippen LogP) is 4.43. The van der Waals surface area contributed by atoms with Gasteiger partial charge in [0.05, 0.1) is 7.11 Å². The van der Waals surface area contributed by atoms with E-state index >= 15 is 0 Å². The Morgan fingerprint density at radius 2 is 2.20 bits per heavy atom. The van der Waals surface area contributed by atoms with Gasteiger partial charge in [0.2, 0.25) is 0 Å². The lowest BCUT2D eigenvalue weighted by Crippen LogP contribution is -2.26. The Morgan fingerprint density at radius 3 is 2.90 bits per heavy atom. The maximum atomic E-state index is 6.25. The van der Waals surface area contributed by atoms with Gasteiger partial charge >= 0.3 is 0 Å². The molecule has 0 bridgehead atoms. The Labute approximate surface area is 127 Å². The molecule has 0 radical (unpaired) electrons. The Hall–Kier alpha value is -0.990. The minimum absolute atomic E-state index is 0.699. The summed E-state index contributed by atoms with van der Waals surface area (Å²) in [6.45, 7) is 6.33. The van der Waals surface area contributed by atoms with Crippen LogP contribution in [-0.4, -0.2) is 13.7 Å². The third-order valence-electron chi connectivity index (χ3n) is 3.92. The third-order valence-corrected chi connectivity index (χ3v) is 4.27. The van der Waals surface area contributed by atoms with Gasteiger partial charge in [-0.15, -0.1) is 0 Å². The second-order valence-corrected chi connectivity index (χ2v) is 6.25. The molecule has 1 aliphatic carbocycles. The number of ether oxygens (including phenoxy) is 1. The fourth-order valence-electron chi connectivity index (χ4n) is 3.14. The lowest BCUT2D eigenvalue weighted by molar-refractivity contribution is 0.376. The molecule has 20 heavy (non-hydrogen) atoms. The van der Waals surface area contributed by atoms with Crippen LogP contribution in [0.1, 0.15) is 32.3 Å². The standard InChI is InChI=1S/C17H24ClNO/c1-12-7-13(2)9-14(8-12)10-19-11-15-16(18)5-4-6-17(15)20-3/h4-7,12,14,19H,8-11H2,1-3H3. The molecule has 0 aliphatic heterocycles. The van der Waals surface area contributed by atoms with Gasteiger partial charge in [-0.25, -0.2) is 0 Å². The second kappa shape index (κ2) is 7.14. The van der Waals surface area contributed by atoms with Crippen LogP contribution in [-0.2, 0) is 6.54 Å². The highest BCUT2D eigenvalue weighted by Crippen LogP contribution is 2.28. The Balaban J connectivity index is 1.89. The van der Waals surface area contributed by atoms with Crippen LogP contribution < -0.4 is 10.1 Å². The summed E-state index contributed by atoms with van der Waals surface area (Å²) in [5, 5.41) is 4.30. The van der Waals surface area contributed by atoms with E-state index in [1.165, 1.54) is 18.4 Å². The number of hydrogen-bond donors (Lipinski definition) is 1. The number of allylic oxidation sites excluding steroid dienone is 2. The van der Waals surface area contributed by atoms with Crippen LogP contribution in [0.2, 0.25) is 5.02 Å². The smallest absolute Gasteiger partial charge is 0.124 e. The highest BCUT2D eigenvalue weighted by atomic mass is 35.5. The van der Waals surface area contributed by atoms with Crippen molar-refractivity contribution in [2.75, 3.05) is 13.7 Å². The zero-order chi connectivity index (χ0) is 14.5. The van der Waals surface area contributed by atoms with Crippen molar-refractivity contribution in [3.63, 3.8) is 0 Å². The van der Waals surface area contributed by atoms with Gasteiger partial charge in [0.15, 0.2) is 0 Å². The molecule has 0 amide bonds. The Morgan fingerprint density at radius 1 is 1.40 bits per heavy atom. The van der Waals surface area contributed by atoms with Crippen molar-refractivity contribution >= 4 is 11.6 Å². The molecular formula is C17H24ClNO. The van der Waals surface area contributed by atoms with Gasteiger partial charge in [-0.05, 0) is 50.3 Å². The van der Waals surface area contributed by atoms with E-state index in [9.17, 15) is 0 Å². The van der Waals surface area contributed by atoms with E-state index in [2.05, 4.69) is 25.2 Å². The first kappa shape index (κ1) is 15.4. The molecule has 0 aromatic heterocycles. The summed E-state index contributed by atoms with van der Waals surface area (Å²) in [6, 6.07) is 5.79. The molecule has 1 aliphatic rings. The normalized spacial score (nSPS) is 22.5. The molecule has 110 valence electrons. The van der Waals surface area contributed by atoms with Crippen molar-refractivity contribution in [2.24, 2.45) is 11.8 Å². The van der Waals surface area contributed by atoms with E-state index in [1.54, 1.807) is 7.11 Å². The van der Waals surface area contributed by atoms with Crippen molar-refractivity contribution in [3.05, 3.63) is 40.4 Å². The average Bonchev–Trinajstić information content (AvgIpc) is 2.39. The maximum Gasteiger partial charge on any atom is 0.124 e. The first-order valence-electron chi connectivity index (χ1n) is 7.29. The first-order valence-corrected chi connectivity index (χ1v) is 7.67. The van der Waals surface area contributed by atoms with Crippen molar-refractivity contribution in [2.45, 2.75) is 33.2 Å². The molecule has 2 rings (SSSR count). The lowest BCUT2D eigenvalue weighted by atomic mass is 9.84. The van der Waals surface area contributed by atoms with Crippen LogP contribution in [0.4, 0.5) is 0 Å². The van der Waals surface area contributed by atoms with E-state index in [0.717, 1.165) is 35.3 Å². The van der Waals surface area contributed by atoms with Crippen LogP contribution in [0.3, 0.4) is 0 Å². The minimum atomic E-state index is 0.699. The summed E-state index contributed by atoms with van der Waals surface area (Å²) in [5.74, 6) is 2.28. The van der Waals surface area contributed by atoms with Gasteiger partial charge < -0.3 is 10.1 Å². The van der Waals surface area contributed by atoms with E-state index in [-0.39, 0.29) is 0 Å². The highest BCUT2D eigenvalue weighted by Gasteiger charge is 2.18. The number of halogens is 1. The summed E-state index contributed by atoms with van der Waals surface area (Å²) in [5.41, 5.74) is 2.57. The van der Waals surface area contributed by atoms with Crippen LogP contribution >= 0.6 is 11.6 Å². The number of hydrogen-bond acceptors (Lipinski definition) is 2.